The van der Waals surface area contributed by atoms with Crippen molar-refractivity contribution in [1.29, 1.82) is 0 Å². The number of carbonyl (C=O) groups excluding carboxylic acids is 4. The summed E-state index contributed by atoms with van der Waals surface area (Å²) >= 11 is 1.97. The lowest BCUT2D eigenvalue weighted by atomic mass is 10.1. The van der Waals surface area contributed by atoms with Gasteiger partial charge in [0.1, 0.15) is 5.00 Å². The van der Waals surface area contributed by atoms with Crippen LogP contribution in [0.2, 0.25) is 0 Å². The van der Waals surface area contributed by atoms with E-state index >= 15 is 0 Å². The molecule has 0 saturated carbocycles. The Hall–Kier alpha value is -2.99. The first kappa shape index (κ1) is 24.3. The molecule has 0 aliphatic carbocycles. The number of thiazole rings is 1. The maximum atomic E-state index is 12.3. The molecule has 2 heterocycles. The third kappa shape index (κ3) is 6.01. The van der Waals surface area contributed by atoms with Gasteiger partial charge in [0, 0.05) is 24.7 Å². The fourth-order valence-electron chi connectivity index (χ4n) is 2.64. The van der Waals surface area contributed by atoms with Crippen LogP contribution >= 0.6 is 22.7 Å². The van der Waals surface area contributed by atoms with Gasteiger partial charge in [-0.25, -0.2) is 4.79 Å². The number of thiophene rings is 1. The van der Waals surface area contributed by atoms with Crippen molar-refractivity contribution in [3.63, 3.8) is 0 Å². The third-order valence-corrected chi connectivity index (χ3v) is 6.28. The number of esters is 2. The zero-order valence-corrected chi connectivity index (χ0v) is 19.2. The van der Waals surface area contributed by atoms with E-state index in [1.165, 1.54) is 11.6 Å². The van der Waals surface area contributed by atoms with Crippen LogP contribution in [0.4, 0.5) is 5.00 Å². The number of carbonyl (C=O) groups is 4. The highest BCUT2D eigenvalue weighted by molar-refractivity contribution is 7.18. The minimum atomic E-state index is -0.674. The first-order valence-corrected chi connectivity index (χ1v) is 11.0. The summed E-state index contributed by atoms with van der Waals surface area (Å²) in [4.78, 5) is 60.3. The van der Waals surface area contributed by atoms with Gasteiger partial charge in [-0.05, 0) is 26.3 Å². The standard InChI is InChI=1S/C19H23N3O7S2/c1-5-28-18(26)14-11(3)15(16(25)20-4)31-17(14)21-12(23)8-29-13(24)6-7-22-10(2)9-30-19(22)27/h9H,5-8H2,1-4H3,(H,20,25)(H,21,23). The van der Waals surface area contributed by atoms with Crippen LogP contribution in [0.5, 0.6) is 0 Å². The molecule has 0 aromatic carbocycles. The van der Waals surface area contributed by atoms with Crippen LogP contribution in [0.25, 0.3) is 0 Å². The van der Waals surface area contributed by atoms with Crippen LogP contribution in [0.3, 0.4) is 0 Å². The summed E-state index contributed by atoms with van der Waals surface area (Å²) in [6.07, 6.45) is -0.0717. The Balaban J connectivity index is 2.02. The molecule has 2 aromatic rings. The minimum Gasteiger partial charge on any atom is -0.462 e. The topological polar surface area (TPSA) is 133 Å². The Labute approximate surface area is 186 Å². The molecule has 2 rings (SSSR count). The van der Waals surface area contributed by atoms with E-state index in [4.69, 9.17) is 9.47 Å². The quantitative estimate of drug-likeness (QED) is 0.534. The molecular weight excluding hydrogens is 446 g/mol. The van der Waals surface area contributed by atoms with Gasteiger partial charge < -0.3 is 24.7 Å². The number of amides is 2. The van der Waals surface area contributed by atoms with Crippen molar-refractivity contribution in [1.82, 2.24) is 9.88 Å². The van der Waals surface area contributed by atoms with Crippen LogP contribution in [-0.4, -0.2) is 48.6 Å². The average Bonchev–Trinajstić information content (AvgIpc) is 3.22. The van der Waals surface area contributed by atoms with Crippen molar-refractivity contribution < 1.29 is 28.7 Å². The van der Waals surface area contributed by atoms with Crippen LogP contribution in [-0.2, 0) is 25.6 Å². The fraction of sp³-hybridized carbons (Fsp3) is 0.421. The van der Waals surface area contributed by atoms with Gasteiger partial charge in [0.25, 0.3) is 11.8 Å². The van der Waals surface area contributed by atoms with Crippen molar-refractivity contribution in [3.05, 3.63) is 36.7 Å². The van der Waals surface area contributed by atoms with E-state index in [1.807, 2.05) is 0 Å². The van der Waals surface area contributed by atoms with Crippen molar-refractivity contribution in [2.24, 2.45) is 0 Å². The Morgan fingerprint density at radius 3 is 2.45 bits per heavy atom. The van der Waals surface area contributed by atoms with Gasteiger partial charge in [-0.2, -0.15) is 0 Å². The first-order valence-electron chi connectivity index (χ1n) is 9.32. The SMILES string of the molecule is CCOC(=O)c1c(NC(=O)COC(=O)CCn2c(C)csc2=O)sc(C(=O)NC)c1C. The number of aromatic nitrogens is 1. The molecule has 0 spiro atoms. The van der Waals surface area contributed by atoms with Gasteiger partial charge in [-0.3, -0.25) is 19.2 Å². The summed E-state index contributed by atoms with van der Waals surface area (Å²) < 4.78 is 11.4. The number of hydrogen-bond donors (Lipinski definition) is 2. The summed E-state index contributed by atoms with van der Waals surface area (Å²) in [5.41, 5.74) is 1.20. The number of nitrogens with zero attached hydrogens (tertiary/aromatic N) is 1. The van der Waals surface area contributed by atoms with Crippen molar-refractivity contribution in [2.75, 3.05) is 25.6 Å². The average molecular weight is 470 g/mol. The predicted octanol–water partition coefficient (Wildman–Crippen LogP) is 1.70. The van der Waals surface area contributed by atoms with E-state index in [0.29, 0.717) is 5.56 Å². The number of anilines is 1. The Kier molecular flexibility index (Phi) is 8.51. The van der Waals surface area contributed by atoms with E-state index < -0.39 is 30.4 Å². The molecule has 0 aliphatic heterocycles. The highest BCUT2D eigenvalue weighted by atomic mass is 32.1. The zero-order chi connectivity index (χ0) is 23.1. The molecule has 0 unspecified atom stereocenters. The Morgan fingerprint density at radius 2 is 1.87 bits per heavy atom. The van der Waals surface area contributed by atoms with Crippen LogP contribution in [0.15, 0.2) is 10.2 Å². The lowest BCUT2D eigenvalue weighted by Crippen LogP contribution is -2.23. The largest absolute Gasteiger partial charge is 0.462 e. The summed E-state index contributed by atoms with van der Waals surface area (Å²) in [6.45, 7) is 4.68. The van der Waals surface area contributed by atoms with Gasteiger partial charge >= 0.3 is 16.8 Å². The molecule has 2 amide bonds. The number of hydrogen-bond acceptors (Lipinski definition) is 9. The maximum Gasteiger partial charge on any atom is 0.341 e. The molecular formula is C19H23N3O7S2. The highest BCUT2D eigenvalue weighted by Crippen LogP contribution is 2.33. The van der Waals surface area contributed by atoms with Gasteiger partial charge in [0.15, 0.2) is 6.61 Å². The molecule has 0 aliphatic rings. The van der Waals surface area contributed by atoms with Crippen molar-refractivity contribution in [3.8, 4) is 0 Å². The molecule has 12 heteroatoms. The molecule has 168 valence electrons. The van der Waals surface area contributed by atoms with E-state index in [-0.39, 0.29) is 39.9 Å². The Bertz CT molecular complexity index is 1050. The molecule has 10 nitrogen and oxygen atoms in total. The lowest BCUT2D eigenvalue weighted by Gasteiger charge is -2.08. The maximum absolute atomic E-state index is 12.3. The van der Waals surface area contributed by atoms with Gasteiger partial charge in [-0.1, -0.05) is 11.3 Å². The molecule has 0 radical (unpaired) electrons. The number of nitrogens with one attached hydrogen (secondary N) is 2. The van der Waals surface area contributed by atoms with Gasteiger partial charge in [0.2, 0.25) is 0 Å². The van der Waals surface area contributed by atoms with Gasteiger partial charge in [-0.15, -0.1) is 11.3 Å². The fourth-order valence-corrected chi connectivity index (χ4v) is 4.56. The highest BCUT2D eigenvalue weighted by Gasteiger charge is 2.26. The molecule has 0 saturated heterocycles. The second-order valence-corrected chi connectivity index (χ2v) is 8.15. The second kappa shape index (κ2) is 10.9. The number of rotatable bonds is 9. The van der Waals surface area contributed by atoms with E-state index in [0.717, 1.165) is 28.4 Å². The van der Waals surface area contributed by atoms with Crippen LogP contribution in [0.1, 0.15) is 44.6 Å². The van der Waals surface area contributed by atoms with Gasteiger partial charge in [0.05, 0.1) is 23.5 Å². The lowest BCUT2D eigenvalue weighted by molar-refractivity contribution is -0.147. The zero-order valence-electron chi connectivity index (χ0n) is 17.5. The molecule has 0 fully saturated rings. The first-order chi connectivity index (χ1) is 14.7. The third-order valence-electron chi connectivity index (χ3n) is 4.19. The second-order valence-electron chi connectivity index (χ2n) is 6.31. The van der Waals surface area contributed by atoms with Crippen LogP contribution < -0.4 is 15.5 Å². The molecule has 0 bridgehead atoms. The molecule has 31 heavy (non-hydrogen) atoms. The number of ether oxygens (including phenoxy) is 2. The van der Waals surface area contributed by atoms with Crippen molar-refractivity contribution in [2.45, 2.75) is 33.7 Å². The summed E-state index contributed by atoms with van der Waals surface area (Å²) in [6, 6.07) is 0. The van der Waals surface area contributed by atoms with E-state index in [2.05, 4.69) is 10.6 Å². The number of aryl methyl sites for hydroxylation is 1. The summed E-state index contributed by atoms with van der Waals surface area (Å²) in [5, 5.41) is 6.80. The normalized spacial score (nSPS) is 10.5. The summed E-state index contributed by atoms with van der Waals surface area (Å²) in [5.74, 6) is -2.40. The van der Waals surface area contributed by atoms with E-state index in [1.54, 1.807) is 26.2 Å². The van der Waals surface area contributed by atoms with Crippen molar-refractivity contribution >= 4 is 51.4 Å². The molecule has 2 aromatic heterocycles. The molecule has 2 N–H and O–H groups in total. The van der Waals surface area contributed by atoms with E-state index in [9.17, 15) is 24.0 Å². The minimum absolute atomic E-state index is 0.0717. The predicted molar refractivity (Wildman–Crippen MR) is 116 cm³/mol. The summed E-state index contributed by atoms with van der Waals surface area (Å²) in [7, 11) is 1.45. The molecule has 0 atom stereocenters. The Morgan fingerprint density at radius 1 is 1.16 bits per heavy atom. The smallest absolute Gasteiger partial charge is 0.341 e. The van der Waals surface area contributed by atoms with Crippen LogP contribution in [0, 0.1) is 13.8 Å². The monoisotopic (exact) mass is 469 g/mol.